The highest BCUT2D eigenvalue weighted by molar-refractivity contribution is 5.92. The Morgan fingerprint density at radius 1 is 1.33 bits per heavy atom. The normalized spacial score (nSPS) is 17.9. The van der Waals surface area contributed by atoms with Crippen molar-refractivity contribution in [2.75, 3.05) is 18.5 Å². The summed E-state index contributed by atoms with van der Waals surface area (Å²) in [6.07, 6.45) is 5.47. The first-order chi connectivity index (χ1) is 10.1. The zero-order chi connectivity index (χ0) is 15.1. The second kappa shape index (κ2) is 7.59. The highest BCUT2D eigenvalue weighted by Gasteiger charge is 2.15. The van der Waals surface area contributed by atoms with Crippen molar-refractivity contribution in [2.24, 2.45) is 0 Å². The van der Waals surface area contributed by atoms with E-state index in [0.717, 1.165) is 30.7 Å². The molecule has 0 radical (unpaired) electrons. The quantitative estimate of drug-likeness (QED) is 0.814. The molecule has 1 aromatic rings. The molecule has 0 spiro atoms. The molecule has 2 rings (SSSR count). The van der Waals surface area contributed by atoms with E-state index >= 15 is 0 Å². The summed E-state index contributed by atoms with van der Waals surface area (Å²) < 4.78 is 5.44. The maximum Gasteiger partial charge on any atom is 0.244 e. The molecule has 1 aromatic carbocycles. The van der Waals surface area contributed by atoms with Crippen LogP contribution in [0, 0.1) is 0 Å². The van der Waals surface area contributed by atoms with Gasteiger partial charge < -0.3 is 15.4 Å². The van der Waals surface area contributed by atoms with Crippen molar-refractivity contribution in [3.05, 3.63) is 35.9 Å². The molecule has 2 N–H and O–H groups in total. The Bertz CT molecular complexity index is 517. The fraction of sp³-hybridized carbons (Fsp3) is 0.375. The molecular formula is C16H20N2O3. The number of hydrogen-bond donors (Lipinski definition) is 2. The van der Waals surface area contributed by atoms with E-state index in [4.69, 9.17) is 4.74 Å². The predicted octanol–water partition coefficient (Wildman–Crippen LogP) is 1.95. The van der Waals surface area contributed by atoms with E-state index in [1.54, 1.807) is 18.2 Å². The molecule has 1 atom stereocenters. The van der Waals surface area contributed by atoms with Gasteiger partial charge in [-0.05, 0) is 36.6 Å². The van der Waals surface area contributed by atoms with Crippen molar-refractivity contribution in [2.45, 2.75) is 25.9 Å². The second-order valence-corrected chi connectivity index (χ2v) is 5.02. The van der Waals surface area contributed by atoms with E-state index in [-0.39, 0.29) is 17.9 Å². The second-order valence-electron chi connectivity index (χ2n) is 5.02. The maximum atomic E-state index is 11.7. The topological polar surface area (TPSA) is 67.4 Å². The molecule has 0 aromatic heterocycles. The summed E-state index contributed by atoms with van der Waals surface area (Å²) in [5.74, 6) is -0.233. The Balaban J connectivity index is 1.79. The van der Waals surface area contributed by atoms with E-state index in [2.05, 4.69) is 10.6 Å². The smallest absolute Gasteiger partial charge is 0.244 e. The molecule has 1 aliphatic heterocycles. The minimum Gasteiger partial charge on any atom is -0.376 e. The molecular weight excluding hydrogens is 268 g/mol. The molecule has 2 amide bonds. The fourth-order valence-corrected chi connectivity index (χ4v) is 2.13. The van der Waals surface area contributed by atoms with Crippen LogP contribution in [-0.2, 0) is 14.3 Å². The van der Waals surface area contributed by atoms with E-state index in [9.17, 15) is 9.59 Å². The van der Waals surface area contributed by atoms with E-state index < -0.39 is 0 Å². The van der Waals surface area contributed by atoms with Gasteiger partial charge in [0.05, 0.1) is 6.10 Å². The summed E-state index contributed by atoms with van der Waals surface area (Å²) >= 11 is 0. The molecule has 0 saturated carbocycles. The zero-order valence-corrected chi connectivity index (χ0v) is 12.1. The Morgan fingerprint density at radius 3 is 2.71 bits per heavy atom. The summed E-state index contributed by atoms with van der Waals surface area (Å²) in [5.41, 5.74) is 1.64. The number of amides is 2. The van der Waals surface area contributed by atoms with Crippen molar-refractivity contribution >= 4 is 23.6 Å². The van der Waals surface area contributed by atoms with Crippen LogP contribution in [0.3, 0.4) is 0 Å². The molecule has 21 heavy (non-hydrogen) atoms. The Morgan fingerprint density at radius 2 is 2.10 bits per heavy atom. The molecule has 1 fully saturated rings. The fourth-order valence-electron chi connectivity index (χ4n) is 2.13. The monoisotopic (exact) mass is 288 g/mol. The van der Waals surface area contributed by atoms with Gasteiger partial charge in [-0.3, -0.25) is 9.59 Å². The number of ether oxygens (including phenoxy) is 1. The third-order valence-electron chi connectivity index (χ3n) is 3.19. The number of nitrogens with one attached hydrogen (secondary N) is 2. The van der Waals surface area contributed by atoms with Crippen LogP contribution in [0.25, 0.3) is 6.08 Å². The largest absolute Gasteiger partial charge is 0.376 e. The van der Waals surface area contributed by atoms with E-state index in [1.807, 2.05) is 12.1 Å². The average molecular weight is 288 g/mol. The van der Waals surface area contributed by atoms with E-state index in [1.165, 1.54) is 13.0 Å². The predicted molar refractivity (Wildman–Crippen MR) is 81.8 cm³/mol. The summed E-state index contributed by atoms with van der Waals surface area (Å²) in [7, 11) is 0. The minimum absolute atomic E-state index is 0.105. The van der Waals surface area contributed by atoms with Crippen molar-refractivity contribution in [3.8, 4) is 0 Å². The maximum absolute atomic E-state index is 11.7. The van der Waals surface area contributed by atoms with Gasteiger partial charge in [0.1, 0.15) is 0 Å². The van der Waals surface area contributed by atoms with Crippen LogP contribution in [0.4, 0.5) is 5.69 Å². The van der Waals surface area contributed by atoms with Crippen LogP contribution in [0.2, 0.25) is 0 Å². The molecule has 1 aliphatic rings. The van der Waals surface area contributed by atoms with Crippen LogP contribution >= 0.6 is 0 Å². The number of anilines is 1. The average Bonchev–Trinajstić information content (AvgIpc) is 2.97. The summed E-state index contributed by atoms with van der Waals surface area (Å²) in [6.45, 7) is 2.81. The van der Waals surface area contributed by atoms with Crippen LogP contribution in [-0.4, -0.2) is 31.1 Å². The number of carbonyl (C=O) groups excluding carboxylic acids is 2. The highest BCUT2D eigenvalue weighted by Crippen LogP contribution is 2.11. The lowest BCUT2D eigenvalue weighted by Gasteiger charge is -2.08. The van der Waals surface area contributed by atoms with Crippen LogP contribution in [0.5, 0.6) is 0 Å². The number of rotatable bonds is 5. The van der Waals surface area contributed by atoms with E-state index in [0.29, 0.717) is 6.54 Å². The molecule has 5 heteroatoms. The summed E-state index contributed by atoms with van der Waals surface area (Å²) in [4.78, 5) is 22.6. The minimum atomic E-state index is -0.128. The third kappa shape index (κ3) is 5.39. The summed E-state index contributed by atoms with van der Waals surface area (Å²) in [6, 6.07) is 7.28. The third-order valence-corrected chi connectivity index (χ3v) is 3.19. The molecule has 112 valence electrons. The first kappa shape index (κ1) is 15.3. The number of carbonyl (C=O) groups is 2. The summed E-state index contributed by atoms with van der Waals surface area (Å²) in [5, 5.41) is 5.52. The number of hydrogen-bond acceptors (Lipinski definition) is 3. The van der Waals surface area contributed by atoms with Gasteiger partial charge in [-0.2, -0.15) is 0 Å². The molecule has 1 heterocycles. The van der Waals surface area contributed by atoms with Crippen molar-refractivity contribution in [3.63, 3.8) is 0 Å². The van der Waals surface area contributed by atoms with Gasteiger partial charge >= 0.3 is 0 Å². The molecule has 5 nitrogen and oxygen atoms in total. The van der Waals surface area contributed by atoms with Gasteiger partial charge in [0.25, 0.3) is 0 Å². The van der Waals surface area contributed by atoms with Gasteiger partial charge in [0, 0.05) is 31.8 Å². The Kier molecular flexibility index (Phi) is 5.51. The first-order valence-electron chi connectivity index (χ1n) is 7.08. The van der Waals surface area contributed by atoms with Crippen LogP contribution in [0.1, 0.15) is 25.3 Å². The zero-order valence-electron chi connectivity index (χ0n) is 12.1. The highest BCUT2D eigenvalue weighted by atomic mass is 16.5. The Hall–Kier alpha value is -2.14. The lowest BCUT2D eigenvalue weighted by molar-refractivity contribution is -0.117. The van der Waals surface area contributed by atoms with Crippen LogP contribution < -0.4 is 10.6 Å². The number of benzene rings is 1. The molecule has 0 bridgehead atoms. The van der Waals surface area contributed by atoms with Gasteiger partial charge in [0.2, 0.25) is 11.8 Å². The standard InChI is InChI=1S/C16H20N2O3/c1-12(19)18-14-7-4-13(5-8-14)6-9-16(20)17-11-15-3-2-10-21-15/h4-9,15H,2-3,10-11H2,1H3,(H,17,20)(H,18,19)/b9-6+. The molecule has 1 saturated heterocycles. The lowest BCUT2D eigenvalue weighted by Crippen LogP contribution is -2.30. The van der Waals surface area contributed by atoms with Gasteiger partial charge in [0.15, 0.2) is 0 Å². The van der Waals surface area contributed by atoms with Gasteiger partial charge in [-0.15, -0.1) is 0 Å². The molecule has 1 unspecified atom stereocenters. The SMILES string of the molecule is CC(=O)Nc1ccc(/C=C/C(=O)NCC2CCCO2)cc1. The lowest BCUT2D eigenvalue weighted by atomic mass is 10.2. The van der Waals surface area contributed by atoms with Gasteiger partial charge in [-0.25, -0.2) is 0 Å². The molecule has 0 aliphatic carbocycles. The van der Waals surface area contributed by atoms with Crippen molar-refractivity contribution in [1.82, 2.24) is 5.32 Å². The van der Waals surface area contributed by atoms with Crippen molar-refractivity contribution in [1.29, 1.82) is 0 Å². The van der Waals surface area contributed by atoms with Gasteiger partial charge in [-0.1, -0.05) is 12.1 Å². The Labute approximate surface area is 124 Å². The van der Waals surface area contributed by atoms with Crippen molar-refractivity contribution < 1.29 is 14.3 Å². The first-order valence-corrected chi connectivity index (χ1v) is 7.08. The van der Waals surface area contributed by atoms with Crippen LogP contribution in [0.15, 0.2) is 30.3 Å².